The molecule has 16 heavy (non-hydrogen) atoms. The Morgan fingerprint density at radius 1 is 1.25 bits per heavy atom. The number of nitrogens with one attached hydrogen (secondary N) is 1. The Morgan fingerprint density at radius 3 is 2.69 bits per heavy atom. The van der Waals surface area contributed by atoms with Crippen molar-refractivity contribution in [2.24, 2.45) is 0 Å². The molecule has 0 aromatic rings. The normalized spacial score (nSPS) is 15.8. The summed E-state index contributed by atoms with van der Waals surface area (Å²) < 4.78 is 0. The van der Waals surface area contributed by atoms with Crippen LogP contribution < -0.4 is 5.32 Å². The summed E-state index contributed by atoms with van der Waals surface area (Å²) in [6.45, 7) is 3.14. The van der Waals surface area contributed by atoms with Gasteiger partial charge in [0.25, 0.3) is 0 Å². The second-order valence-corrected chi connectivity index (χ2v) is 4.23. The highest BCUT2D eigenvalue weighted by Crippen LogP contribution is 2.08. The summed E-state index contributed by atoms with van der Waals surface area (Å²) in [6, 6.07) is 2.12. The number of rotatable bonds is 6. The molecule has 0 spiro atoms. The van der Waals surface area contributed by atoms with Crippen molar-refractivity contribution < 1.29 is 4.79 Å². The van der Waals surface area contributed by atoms with Gasteiger partial charge in [0, 0.05) is 19.5 Å². The predicted octanol–water partition coefficient (Wildman–Crippen LogP) is 1.28. The standard InChI is InChI=1S/C12H21N3O/c13-7-3-1-4-8-14-11-12(16)15-9-5-2-6-10-15/h14H,1-6,8-11H2. The van der Waals surface area contributed by atoms with Gasteiger partial charge in [-0.25, -0.2) is 0 Å². The molecule has 0 radical (unpaired) electrons. The number of nitrogens with zero attached hydrogens (tertiary/aromatic N) is 2. The van der Waals surface area contributed by atoms with Crippen LogP contribution in [0.15, 0.2) is 0 Å². The van der Waals surface area contributed by atoms with E-state index in [1.165, 1.54) is 6.42 Å². The van der Waals surface area contributed by atoms with Crippen molar-refractivity contribution in [3.8, 4) is 6.07 Å². The van der Waals surface area contributed by atoms with E-state index in [9.17, 15) is 4.79 Å². The minimum atomic E-state index is 0.222. The van der Waals surface area contributed by atoms with E-state index in [0.29, 0.717) is 13.0 Å². The highest BCUT2D eigenvalue weighted by Gasteiger charge is 2.15. The topological polar surface area (TPSA) is 56.1 Å². The van der Waals surface area contributed by atoms with Crippen molar-refractivity contribution in [3.63, 3.8) is 0 Å². The van der Waals surface area contributed by atoms with Crippen LogP contribution in [0, 0.1) is 11.3 Å². The van der Waals surface area contributed by atoms with E-state index < -0.39 is 0 Å². The molecule has 1 saturated heterocycles. The lowest BCUT2D eigenvalue weighted by atomic mass is 10.1. The highest BCUT2D eigenvalue weighted by atomic mass is 16.2. The maximum Gasteiger partial charge on any atom is 0.236 e. The van der Waals surface area contributed by atoms with Crippen LogP contribution in [0.4, 0.5) is 0 Å². The van der Waals surface area contributed by atoms with E-state index in [1.807, 2.05) is 4.90 Å². The van der Waals surface area contributed by atoms with Crippen LogP contribution in [0.25, 0.3) is 0 Å². The molecule has 1 aliphatic rings. The number of likely N-dealkylation sites (tertiary alicyclic amines) is 1. The molecular weight excluding hydrogens is 202 g/mol. The third kappa shape index (κ3) is 5.13. The van der Waals surface area contributed by atoms with Gasteiger partial charge in [-0.3, -0.25) is 4.79 Å². The van der Waals surface area contributed by atoms with Crippen molar-refractivity contribution in [3.05, 3.63) is 0 Å². The van der Waals surface area contributed by atoms with Gasteiger partial charge in [0.05, 0.1) is 12.6 Å². The molecule has 0 bridgehead atoms. The van der Waals surface area contributed by atoms with Gasteiger partial charge in [-0.15, -0.1) is 0 Å². The summed E-state index contributed by atoms with van der Waals surface area (Å²) >= 11 is 0. The van der Waals surface area contributed by atoms with E-state index in [1.54, 1.807) is 0 Å². The molecule has 1 heterocycles. The molecule has 1 aliphatic heterocycles. The Bertz CT molecular complexity index is 241. The molecule has 1 N–H and O–H groups in total. The van der Waals surface area contributed by atoms with Crippen LogP contribution in [-0.2, 0) is 4.79 Å². The fourth-order valence-corrected chi connectivity index (χ4v) is 1.90. The number of piperidine rings is 1. The van der Waals surface area contributed by atoms with Crippen LogP contribution in [-0.4, -0.2) is 37.0 Å². The largest absolute Gasteiger partial charge is 0.342 e. The highest BCUT2D eigenvalue weighted by molar-refractivity contribution is 5.78. The minimum Gasteiger partial charge on any atom is -0.342 e. The van der Waals surface area contributed by atoms with Gasteiger partial charge in [-0.2, -0.15) is 5.26 Å². The molecule has 0 unspecified atom stereocenters. The molecule has 0 aromatic heterocycles. The van der Waals surface area contributed by atoms with Gasteiger partial charge in [0.1, 0.15) is 0 Å². The minimum absolute atomic E-state index is 0.222. The van der Waals surface area contributed by atoms with Gasteiger partial charge < -0.3 is 10.2 Å². The van der Waals surface area contributed by atoms with Crippen molar-refractivity contribution in [1.82, 2.24) is 10.2 Å². The molecule has 0 atom stereocenters. The van der Waals surface area contributed by atoms with Crippen molar-refractivity contribution in [2.45, 2.75) is 38.5 Å². The zero-order valence-electron chi connectivity index (χ0n) is 9.87. The van der Waals surface area contributed by atoms with Crippen molar-refractivity contribution >= 4 is 5.91 Å². The molecule has 1 amide bonds. The second kappa shape index (κ2) is 8.12. The lowest BCUT2D eigenvalue weighted by molar-refractivity contribution is -0.131. The maximum absolute atomic E-state index is 11.7. The number of unbranched alkanes of at least 4 members (excludes halogenated alkanes) is 2. The van der Waals surface area contributed by atoms with Crippen LogP contribution in [0.2, 0.25) is 0 Å². The number of amides is 1. The number of hydrogen-bond donors (Lipinski definition) is 1. The van der Waals surface area contributed by atoms with Crippen LogP contribution in [0.1, 0.15) is 38.5 Å². The Balaban J connectivity index is 1.99. The van der Waals surface area contributed by atoms with Gasteiger partial charge in [0.2, 0.25) is 5.91 Å². The van der Waals surface area contributed by atoms with E-state index in [-0.39, 0.29) is 5.91 Å². The predicted molar refractivity (Wildman–Crippen MR) is 62.8 cm³/mol. The SMILES string of the molecule is N#CCCCCNCC(=O)N1CCCCC1. The molecule has 1 rings (SSSR count). The first-order chi connectivity index (χ1) is 7.84. The van der Waals surface area contributed by atoms with Crippen LogP contribution in [0.3, 0.4) is 0 Å². The van der Waals surface area contributed by atoms with Gasteiger partial charge in [-0.1, -0.05) is 0 Å². The summed E-state index contributed by atoms with van der Waals surface area (Å²) in [5, 5.41) is 11.5. The Morgan fingerprint density at radius 2 is 2.00 bits per heavy atom. The molecule has 90 valence electrons. The molecule has 1 fully saturated rings. The number of carbonyl (C=O) groups excluding carboxylic acids is 1. The molecule has 4 nitrogen and oxygen atoms in total. The van der Waals surface area contributed by atoms with Gasteiger partial charge in [-0.05, 0) is 38.6 Å². The maximum atomic E-state index is 11.7. The molecular formula is C12H21N3O. The third-order valence-corrected chi connectivity index (χ3v) is 2.88. The summed E-state index contributed by atoms with van der Waals surface area (Å²) in [7, 11) is 0. The van der Waals surface area contributed by atoms with E-state index in [0.717, 1.165) is 45.3 Å². The summed E-state index contributed by atoms with van der Waals surface area (Å²) in [5.41, 5.74) is 0. The lowest BCUT2D eigenvalue weighted by Crippen LogP contribution is -2.41. The average Bonchev–Trinajstić information content (AvgIpc) is 2.34. The average molecular weight is 223 g/mol. The second-order valence-electron chi connectivity index (χ2n) is 4.23. The summed E-state index contributed by atoms with van der Waals surface area (Å²) in [5.74, 6) is 0.222. The quantitative estimate of drug-likeness (QED) is 0.690. The molecule has 4 heteroatoms. The Labute approximate surface area is 97.6 Å². The Kier molecular flexibility index (Phi) is 6.59. The van der Waals surface area contributed by atoms with Gasteiger partial charge in [0.15, 0.2) is 0 Å². The summed E-state index contributed by atoms with van der Waals surface area (Å²) in [4.78, 5) is 13.6. The Hall–Kier alpha value is -1.08. The number of carbonyl (C=O) groups is 1. The van der Waals surface area contributed by atoms with Crippen molar-refractivity contribution in [2.75, 3.05) is 26.2 Å². The molecule has 0 saturated carbocycles. The fourth-order valence-electron chi connectivity index (χ4n) is 1.90. The zero-order chi connectivity index (χ0) is 11.6. The lowest BCUT2D eigenvalue weighted by Gasteiger charge is -2.26. The third-order valence-electron chi connectivity index (χ3n) is 2.88. The molecule has 0 aliphatic carbocycles. The first kappa shape index (κ1) is 13.0. The summed E-state index contributed by atoms with van der Waals surface area (Å²) in [6.07, 6.45) is 6.05. The molecule has 0 aromatic carbocycles. The van der Waals surface area contributed by atoms with Crippen LogP contribution in [0.5, 0.6) is 0 Å². The van der Waals surface area contributed by atoms with E-state index in [4.69, 9.17) is 5.26 Å². The van der Waals surface area contributed by atoms with E-state index in [2.05, 4.69) is 11.4 Å². The van der Waals surface area contributed by atoms with Gasteiger partial charge >= 0.3 is 0 Å². The number of hydrogen-bond acceptors (Lipinski definition) is 3. The number of nitriles is 1. The van der Waals surface area contributed by atoms with Crippen molar-refractivity contribution in [1.29, 1.82) is 5.26 Å². The monoisotopic (exact) mass is 223 g/mol. The van der Waals surface area contributed by atoms with Crippen LogP contribution >= 0.6 is 0 Å². The first-order valence-electron chi connectivity index (χ1n) is 6.20. The first-order valence-corrected chi connectivity index (χ1v) is 6.20. The fraction of sp³-hybridized carbons (Fsp3) is 0.833. The smallest absolute Gasteiger partial charge is 0.236 e. The zero-order valence-corrected chi connectivity index (χ0v) is 9.87. The van der Waals surface area contributed by atoms with E-state index >= 15 is 0 Å².